The minimum atomic E-state index is -2.07. The first-order chi connectivity index (χ1) is 19.0. The maximum atomic E-state index is 12.0. The molecule has 1 aliphatic heterocycles. The molecule has 1 saturated heterocycles. The van der Waals surface area contributed by atoms with Crippen LogP contribution in [0.1, 0.15) is 54.1 Å². The van der Waals surface area contributed by atoms with Crippen LogP contribution in [0.2, 0.25) is 0 Å². The Labute approximate surface area is 249 Å². The van der Waals surface area contributed by atoms with Gasteiger partial charge in [0.25, 0.3) is 9.70 Å². The second-order valence-electron chi connectivity index (χ2n) is 9.96. The number of carbonyl (C=O) groups excluding carboxylic acids is 1. The Morgan fingerprint density at radius 1 is 1.00 bits per heavy atom. The number of alkyl halides is 3. The molecule has 1 amide bonds. The van der Waals surface area contributed by atoms with Crippen LogP contribution in [0.15, 0.2) is 78.9 Å². The fourth-order valence-corrected chi connectivity index (χ4v) is 4.76. The molecule has 10 heteroatoms. The van der Waals surface area contributed by atoms with Crippen molar-refractivity contribution in [3.05, 3.63) is 101 Å². The summed E-state index contributed by atoms with van der Waals surface area (Å²) in [7, 11) is 1.97. The van der Waals surface area contributed by atoms with Crippen molar-refractivity contribution in [2.24, 2.45) is 0 Å². The standard InChI is InChI=1S/C30H33Cl3N2O5/c1-19(27(37)22-6-4-3-5-7-22)35(2)17-25-16-26(21-10-8-20(18-36)9-11-21)40-28(39-25)23-12-14-24(15-13-23)34-29(38)30(31,32)33/h3-15,19,25-28,36-37H,16-18H2,1-2H3,(H,34,38)/t19-,25-,26+,27-,28+/m1/s1. The monoisotopic (exact) mass is 606 g/mol. The van der Waals surface area contributed by atoms with Gasteiger partial charge in [-0.1, -0.05) is 102 Å². The number of hydrogen-bond acceptors (Lipinski definition) is 6. The predicted octanol–water partition coefficient (Wildman–Crippen LogP) is 6.09. The van der Waals surface area contributed by atoms with Crippen molar-refractivity contribution in [3.8, 4) is 0 Å². The summed E-state index contributed by atoms with van der Waals surface area (Å²) in [5.41, 5.74) is 3.87. The van der Waals surface area contributed by atoms with E-state index in [1.54, 1.807) is 24.3 Å². The normalized spacial score (nSPS) is 21.1. The average molecular weight is 608 g/mol. The van der Waals surface area contributed by atoms with Gasteiger partial charge in [0.1, 0.15) is 0 Å². The van der Waals surface area contributed by atoms with E-state index < -0.39 is 22.1 Å². The van der Waals surface area contributed by atoms with Gasteiger partial charge in [-0.25, -0.2) is 0 Å². The number of benzene rings is 3. The van der Waals surface area contributed by atoms with E-state index >= 15 is 0 Å². The van der Waals surface area contributed by atoms with Gasteiger partial charge in [0.2, 0.25) is 0 Å². The second kappa shape index (κ2) is 13.6. The third kappa shape index (κ3) is 7.96. The zero-order chi connectivity index (χ0) is 28.9. The van der Waals surface area contributed by atoms with Crippen molar-refractivity contribution in [3.63, 3.8) is 0 Å². The van der Waals surface area contributed by atoms with Crippen LogP contribution in [0.25, 0.3) is 0 Å². The molecule has 1 fully saturated rings. The first-order valence-electron chi connectivity index (χ1n) is 13.0. The van der Waals surface area contributed by atoms with Crippen LogP contribution < -0.4 is 5.32 Å². The van der Waals surface area contributed by atoms with Gasteiger partial charge in [-0.2, -0.15) is 0 Å². The molecule has 5 atom stereocenters. The predicted molar refractivity (Wildman–Crippen MR) is 157 cm³/mol. The maximum Gasteiger partial charge on any atom is 0.276 e. The molecule has 0 saturated carbocycles. The quantitative estimate of drug-likeness (QED) is 0.255. The molecule has 3 aromatic carbocycles. The minimum Gasteiger partial charge on any atom is -0.392 e. The lowest BCUT2D eigenvalue weighted by molar-refractivity contribution is -0.253. The molecule has 0 aromatic heterocycles. The van der Waals surface area contributed by atoms with E-state index in [0.29, 0.717) is 18.7 Å². The molecule has 1 heterocycles. The molecule has 40 heavy (non-hydrogen) atoms. The Hall–Kier alpha value is -2.20. The summed E-state index contributed by atoms with van der Waals surface area (Å²) in [5.74, 6) is -0.753. The van der Waals surface area contributed by atoms with E-state index in [1.807, 2.05) is 68.6 Å². The Kier molecular flexibility index (Phi) is 10.5. The van der Waals surface area contributed by atoms with E-state index in [4.69, 9.17) is 44.3 Å². The Bertz CT molecular complexity index is 1240. The lowest BCUT2D eigenvalue weighted by Crippen LogP contribution is -2.43. The average Bonchev–Trinajstić information content (AvgIpc) is 2.96. The molecule has 3 aromatic rings. The highest BCUT2D eigenvalue weighted by Crippen LogP contribution is 2.39. The third-order valence-electron chi connectivity index (χ3n) is 7.10. The number of rotatable bonds is 9. The number of carbonyl (C=O) groups is 1. The van der Waals surface area contributed by atoms with Crippen molar-refractivity contribution < 1.29 is 24.5 Å². The van der Waals surface area contributed by atoms with E-state index in [0.717, 1.165) is 22.3 Å². The van der Waals surface area contributed by atoms with Crippen LogP contribution in [-0.2, 0) is 20.9 Å². The fraction of sp³-hybridized carbons (Fsp3) is 0.367. The summed E-state index contributed by atoms with van der Waals surface area (Å²) in [5, 5.41) is 23.0. The lowest BCUT2D eigenvalue weighted by atomic mass is 9.98. The number of anilines is 1. The highest BCUT2D eigenvalue weighted by molar-refractivity contribution is 6.76. The van der Waals surface area contributed by atoms with Crippen LogP contribution in [0.5, 0.6) is 0 Å². The van der Waals surface area contributed by atoms with Crippen LogP contribution in [0.4, 0.5) is 5.69 Å². The smallest absolute Gasteiger partial charge is 0.276 e. The molecular formula is C30H33Cl3N2O5. The van der Waals surface area contributed by atoms with Crippen molar-refractivity contribution in [2.75, 3.05) is 18.9 Å². The van der Waals surface area contributed by atoms with Crippen LogP contribution >= 0.6 is 34.8 Å². The first-order valence-corrected chi connectivity index (χ1v) is 14.1. The molecule has 0 aliphatic carbocycles. The van der Waals surface area contributed by atoms with Gasteiger partial charge in [0.15, 0.2) is 6.29 Å². The molecule has 0 unspecified atom stereocenters. The van der Waals surface area contributed by atoms with E-state index in [2.05, 4.69) is 10.2 Å². The van der Waals surface area contributed by atoms with E-state index in [1.165, 1.54) is 0 Å². The number of likely N-dealkylation sites (N-methyl/N-ethyl adjacent to an activating group) is 1. The van der Waals surface area contributed by atoms with Crippen molar-refractivity contribution >= 4 is 46.4 Å². The summed E-state index contributed by atoms with van der Waals surface area (Å²) in [6.45, 7) is 2.52. The molecular weight excluding hydrogens is 575 g/mol. The number of aliphatic hydroxyl groups is 2. The first kappa shape index (κ1) is 30.8. The molecule has 7 nitrogen and oxygen atoms in total. The van der Waals surface area contributed by atoms with E-state index in [-0.39, 0.29) is 24.9 Å². The van der Waals surface area contributed by atoms with Gasteiger partial charge in [0, 0.05) is 30.3 Å². The van der Waals surface area contributed by atoms with Crippen molar-refractivity contribution in [2.45, 2.75) is 54.4 Å². The van der Waals surface area contributed by atoms with Gasteiger partial charge in [-0.3, -0.25) is 9.69 Å². The highest BCUT2D eigenvalue weighted by Gasteiger charge is 2.34. The molecule has 0 radical (unpaired) electrons. The molecule has 214 valence electrons. The Morgan fingerprint density at radius 3 is 2.23 bits per heavy atom. The Morgan fingerprint density at radius 2 is 1.62 bits per heavy atom. The molecule has 0 bridgehead atoms. The minimum absolute atomic E-state index is 0.0340. The summed E-state index contributed by atoms with van der Waals surface area (Å²) < 4.78 is 10.7. The van der Waals surface area contributed by atoms with Crippen LogP contribution in [-0.4, -0.2) is 50.6 Å². The Balaban J connectivity index is 1.51. The zero-order valence-corrected chi connectivity index (χ0v) is 24.5. The largest absolute Gasteiger partial charge is 0.392 e. The lowest BCUT2D eigenvalue weighted by Gasteiger charge is -2.39. The van der Waals surface area contributed by atoms with E-state index in [9.17, 15) is 15.0 Å². The van der Waals surface area contributed by atoms with Crippen LogP contribution in [0, 0.1) is 0 Å². The van der Waals surface area contributed by atoms with Gasteiger partial charge in [0.05, 0.1) is 24.9 Å². The number of ether oxygens (including phenoxy) is 2. The topological polar surface area (TPSA) is 91.3 Å². The number of aliphatic hydroxyl groups excluding tert-OH is 2. The molecule has 3 N–H and O–H groups in total. The maximum absolute atomic E-state index is 12.0. The number of nitrogens with zero attached hydrogens (tertiary/aromatic N) is 1. The summed E-state index contributed by atoms with van der Waals surface area (Å²) in [6.07, 6.45) is -1.20. The zero-order valence-electron chi connectivity index (χ0n) is 22.2. The fourth-order valence-electron chi connectivity index (χ4n) is 4.62. The SMILES string of the molecule is C[C@H]([C@@H](O)c1ccccc1)N(C)C[C@H]1C[C@@H](c2ccc(CO)cc2)O[C@@H](c2ccc(NC(=O)C(Cl)(Cl)Cl)cc2)O1. The van der Waals surface area contributed by atoms with Crippen LogP contribution in [0.3, 0.4) is 0 Å². The summed E-state index contributed by atoms with van der Waals surface area (Å²) >= 11 is 17.0. The number of nitrogens with one attached hydrogen (secondary N) is 1. The number of halogens is 3. The molecule has 4 rings (SSSR count). The van der Waals surface area contributed by atoms with Gasteiger partial charge < -0.3 is 25.0 Å². The van der Waals surface area contributed by atoms with Crippen molar-refractivity contribution in [1.29, 1.82) is 0 Å². The highest BCUT2D eigenvalue weighted by atomic mass is 35.6. The van der Waals surface area contributed by atoms with Gasteiger partial charge in [-0.15, -0.1) is 0 Å². The summed E-state index contributed by atoms with van der Waals surface area (Å²) in [4.78, 5) is 14.1. The van der Waals surface area contributed by atoms with Gasteiger partial charge >= 0.3 is 0 Å². The second-order valence-corrected chi connectivity index (χ2v) is 12.2. The number of amides is 1. The number of hydrogen-bond donors (Lipinski definition) is 3. The van der Waals surface area contributed by atoms with Gasteiger partial charge in [-0.05, 0) is 42.8 Å². The third-order valence-corrected chi connectivity index (χ3v) is 7.61. The summed E-state index contributed by atoms with van der Waals surface area (Å²) in [6, 6.07) is 24.1. The molecule has 1 aliphatic rings. The van der Waals surface area contributed by atoms with Crippen molar-refractivity contribution in [1.82, 2.24) is 4.90 Å². The molecule has 0 spiro atoms.